The van der Waals surface area contributed by atoms with Gasteiger partial charge >= 0.3 is 0 Å². The van der Waals surface area contributed by atoms with Crippen molar-refractivity contribution in [2.45, 2.75) is 19.4 Å². The zero-order valence-corrected chi connectivity index (χ0v) is 25.0. The number of phenolic OH excluding ortho intramolecular Hbond substituents is 1. The number of phenols is 1. The predicted octanol–water partition coefficient (Wildman–Crippen LogP) is 7.32. The smallest absolute Gasteiger partial charge is 0.163 e. The lowest BCUT2D eigenvalue weighted by atomic mass is 10.00. The molecule has 1 fully saturated rings. The number of benzene rings is 2. The number of anilines is 3. The van der Waals surface area contributed by atoms with E-state index in [9.17, 15) is 9.90 Å². The number of nitrogens with zero attached hydrogens (tertiary/aromatic N) is 3. The van der Waals surface area contributed by atoms with E-state index >= 15 is 0 Å². The Morgan fingerprint density at radius 3 is 2.31 bits per heavy atom. The minimum Gasteiger partial charge on any atom is -0.505 e. The number of likely N-dealkylation sites (N-methyl/N-ethyl adjacent to an activating group) is 1. The summed E-state index contributed by atoms with van der Waals surface area (Å²) in [5, 5.41) is 17.7. The van der Waals surface area contributed by atoms with Gasteiger partial charge in [0.25, 0.3) is 0 Å². The summed E-state index contributed by atoms with van der Waals surface area (Å²) in [7, 11) is 1.98. The van der Waals surface area contributed by atoms with E-state index in [2.05, 4.69) is 25.5 Å². The van der Waals surface area contributed by atoms with Crippen LogP contribution in [-0.4, -0.2) is 47.0 Å². The largest absolute Gasteiger partial charge is 0.505 e. The molecule has 3 heterocycles. The molecule has 4 aromatic rings. The third kappa shape index (κ3) is 6.80. The molecule has 39 heavy (non-hydrogen) atoms. The van der Waals surface area contributed by atoms with Crippen LogP contribution in [0.1, 0.15) is 23.7 Å². The maximum atomic E-state index is 12.5. The van der Waals surface area contributed by atoms with Gasteiger partial charge in [0.1, 0.15) is 5.82 Å². The third-order valence-corrected chi connectivity index (χ3v) is 7.11. The summed E-state index contributed by atoms with van der Waals surface area (Å²) in [5.74, 6) is 0.665. The van der Waals surface area contributed by atoms with E-state index in [1.165, 1.54) is 6.92 Å². The fourth-order valence-corrected chi connectivity index (χ4v) is 4.99. The molecule has 0 aliphatic carbocycles. The average Bonchev–Trinajstić information content (AvgIpc) is 3.36. The number of rotatable bonds is 6. The number of carbonyl (C=O) groups excluding carboxylic acids is 1. The van der Waals surface area contributed by atoms with Gasteiger partial charge in [0.2, 0.25) is 0 Å². The number of ketones is 1. The van der Waals surface area contributed by atoms with Crippen molar-refractivity contribution < 1.29 is 9.90 Å². The lowest BCUT2D eigenvalue weighted by Crippen LogP contribution is -2.29. The highest BCUT2D eigenvalue weighted by Gasteiger charge is 2.22. The molecule has 2 aromatic heterocycles. The van der Waals surface area contributed by atoms with Gasteiger partial charge in [-0.1, -0.05) is 29.3 Å². The van der Waals surface area contributed by atoms with Gasteiger partial charge in [-0.05, 0) is 67.9 Å². The minimum atomic E-state index is -0.155. The van der Waals surface area contributed by atoms with Crippen molar-refractivity contribution in [3.8, 4) is 16.9 Å². The van der Waals surface area contributed by atoms with Gasteiger partial charge in [0.05, 0.1) is 38.7 Å². The number of aromatic hydroxyl groups is 1. The molecule has 5 rings (SSSR count). The maximum absolute atomic E-state index is 12.5. The van der Waals surface area contributed by atoms with Crippen molar-refractivity contribution in [1.29, 1.82) is 0 Å². The fourth-order valence-electron chi connectivity index (χ4n) is 4.50. The molecule has 0 spiro atoms. The summed E-state index contributed by atoms with van der Waals surface area (Å²) >= 11 is 12.3. The van der Waals surface area contributed by atoms with Crippen molar-refractivity contribution in [2.24, 2.45) is 0 Å². The number of pyridine rings is 2. The summed E-state index contributed by atoms with van der Waals surface area (Å²) in [6.07, 6.45) is 4.45. The summed E-state index contributed by atoms with van der Waals surface area (Å²) in [4.78, 5) is 23.9. The van der Waals surface area contributed by atoms with Crippen molar-refractivity contribution in [3.63, 3.8) is 0 Å². The van der Waals surface area contributed by atoms with Crippen molar-refractivity contribution in [1.82, 2.24) is 15.3 Å². The predicted molar refractivity (Wildman–Crippen MR) is 168 cm³/mol. The first-order chi connectivity index (χ1) is 17.3. The van der Waals surface area contributed by atoms with Crippen LogP contribution in [-0.2, 0) is 0 Å². The van der Waals surface area contributed by atoms with E-state index in [0.717, 1.165) is 53.0 Å². The SMILES string of the molecule is CNC1CCN(c2ccc(Nc3c(C(C)=O)cnc4ccc(-c5cc(Cl)c(O)c(Cl)c5)cc34)cn2)C1.Cl.Cl.Cl. The number of hydrogen-bond acceptors (Lipinski definition) is 7. The quantitative estimate of drug-likeness (QED) is 0.192. The normalized spacial score (nSPS) is 14.3. The van der Waals surface area contributed by atoms with E-state index in [-0.39, 0.29) is 58.8 Å². The Bertz CT molecular complexity index is 1450. The standard InChI is InChI=1S/C27H25Cl2N5O2.3ClH/c1-15(35)21-13-31-24-5-3-16(17-10-22(28)27(36)23(29)11-17)9-20(24)26(21)33-18-4-6-25(32-12-18)34-8-7-19(14-34)30-2;;;/h3-6,9-13,19,30,36H,7-8,14H2,1-2H3,(H,31,33);3*1H. The molecular weight excluding hydrogens is 604 g/mol. The minimum absolute atomic E-state index is 0. The molecule has 12 heteroatoms. The monoisotopic (exact) mass is 629 g/mol. The van der Waals surface area contributed by atoms with Gasteiger partial charge in [0, 0.05) is 30.7 Å². The zero-order valence-electron chi connectivity index (χ0n) is 21.1. The average molecular weight is 632 g/mol. The Balaban J connectivity index is 0.00000178. The molecule has 7 nitrogen and oxygen atoms in total. The van der Waals surface area contributed by atoms with Crippen LogP contribution in [0.3, 0.4) is 0 Å². The molecule has 1 saturated heterocycles. The number of fused-ring (bicyclic) bond motifs is 1. The molecule has 1 aliphatic heterocycles. The Labute approximate surface area is 255 Å². The van der Waals surface area contributed by atoms with Gasteiger partial charge < -0.3 is 20.6 Å². The topological polar surface area (TPSA) is 90.4 Å². The molecule has 0 radical (unpaired) electrons. The van der Waals surface area contributed by atoms with Gasteiger partial charge in [-0.2, -0.15) is 0 Å². The van der Waals surface area contributed by atoms with Gasteiger partial charge in [0.15, 0.2) is 11.5 Å². The van der Waals surface area contributed by atoms with Crippen molar-refractivity contribution in [2.75, 3.05) is 30.4 Å². The molecule has 0 bridgehead atoms. The molecule has 0 amide bonds. The molecule has 1 atom stereocenters. The zero-order chi connectivity index (χ0) is 25.4. The number of aromatic nitrogens is 2. The highest BCUT2D eigenvalue weighted by atomic mass is 35.5. The first-order valence-corrected chi connectivity index (χ1v) is 12.4. The van der Waals surface area contributed by atoms with Crippen LogP contribution < -0.4 is 15.5 Å². The van der Waals surface area contributed by atoms with Crippen LogP contribution in [0.4, 0.5) is 17.2 Å². The molecule has 1 unspecified atom stereocenters. The van der Waals surface area contributed by atoms with Gasteiger partial charge in [-0.25, -0.2) is 4.98 Å². The van der Waals surface area contributed by atoms with E-state index in [4.69, 9.17) is 23.2 Å². The van der Waals surface area contributed by atoms with Crippen LogP contribution in [0.2, 0.25) is 10.0 Å². The summed E-state index contributed by atoms with van der Waals surface area (Å²) in [6.45, 7) is 3.40. The van der Waals surface area contributed by atoms with Crippen LogP contribution in [0.5, 0.6) is 5.75 Å². The van der Waals surface area contributed by atoms with E-state index in [0.29, 0.717) is 17.3 Å². The lowest BCUT2D eigenvalue weighted by molar-refractivity contribution is 0.101. The Hall–Kier alpha value is -2.52. The van der Waals surface area contributed by atoms with Gasteiger partial charge in [-0.15, -0.1) is 37.2 Å². The second kappa shape index (κ2) is 13.7. The van der Waals surface area contributed by atoms with Gasteiger partial charge in [-0.3, -0.25) is 9.78 Å². The van der Waals surface area contributed by atoms with E-state index in [1.807, 2.05) is 37.4 Å². The highest BCUT2D eigenvalue weighted by molar-refractivity contribution is 6.37. The fraction of sp³-hybridized carbons (Fsp3) is 0.222. The number of hydrogen-bond donors (Lipinski definition) is 3. The molecular formula is C27H28Cl5N5O2. The Morgan fingerprint density at radius 1 is 1.00 bits per heavy atom. The summed E-state index contributed by atoms with van der Waals surface area (Å²) in [5.41, 5.74) is 4.17. The number of nitrogens with one attached hydrogen (secondary N) is 2. The first-order valence-electron chi connectivity index (χ1n) is 11.6. The highest BCUT2D eigenvalue weighted by Crippen LogP contribution is 2.38. The number of Topliss-reactive ketones (excluding diaryl/α,β-unsaturated/α-hetero) is 1. The first kappa shape index (κ1) is 32.7. The second-order valence-corrected chi connectivity index (χ2v) is 9.69. The number of halogens is 5. The van der Waals surface area contributed by atoms with Crippen LogP contribution in [0, 0.1) is 0 Å². The van der Waals surface area contributed by atoms with Crippen molar-refractivity contribution in [3.05, 3.63) is 70.5 Å². The molecule has 1 aliphatic rings. The van der Waals surface area contributed by atoms with Crippen LogP contribution in [0.25, 0.3) is 22.0 Å². The molecule has 2 aromatic carbocycles. The van der Waals surface area contributed by atoms with Crippen molar-refractivity contribution >= 4 is 94.3 Å². The molecule has 208 valence electrons. The molecule has 0 saturated carbocycles. The summed E-state index contributed by atoms with van der Waals surface area (Å²) in [6, 6.07) is 13.4. The maximum Gasteiger partial charge on any atom is 0.163 e. The van der Waals surface area contributed by atoms with Crippen LogP contribution in [0.15, 0.2) is 54.9 Å². The second-order valence-electron chi connectivity index (χ2n) is 8.87. The third-order valence-electron chi connectivity index (χ3n) is 6.54. The summed E-state index contributed by atoms with van der Waals surface area (Å²) < 4.78 is 0. The Kier molecular flexibility index (Phi) is 11.5. The number of carbonyl (C=O) groups is 1. The van der Waals surface area contributed by atoms with E-state index < -0.39 is 0 Å². The lowest BCUT2D eigenvalue weighted by Gasteiger charge is -2.18. The Morgan fingerprint density at radius 2 is 1.72 bits per heavy atom. The van der Waals surface area contributed by atoms with Crippen LogP contribution >= 0.6 is 60.4 Å². The van der Waals surface area contributed by atoms with E-state index in [1.54, 1.807) is 24.5 Å². The molecule has 3 N–H and O–H groups in total.